The van der Waals surface area contributed by atoms with Crippen molar-refractivity contribution in [2.45, 2.75) is 13.8 Å². The quantitative estimate of drug-likeness (QED) is 0.777. The van der Waals surface area contributed by atoms with E-state index < -0.39 is 0 Å². The zero-order chi connectivity index (χ0) is 14.0. The number of nitriles is 1. The van der Waals surface area contributed by atoms with Crippen LogP contribution in [0, 0.1) is 25.2 Å². The Morgan fingerprint density at radius 2 is 1.95 bits per heavy atom. The van der Waals surface area contributed by atoms with Crippen molar-refractivity contribution in [2.75, 3.05) is 0 Å². The van der Waals surface area contributed by atoms with Crippen molar-refractivity contribution >= 4 is 31.9 Å². The summed E-state index contributed by atoms with van der Waals surface area (Å²) in [6.07, 6.45) is 0. The Bertz CT molecular complexity index is 680. The number of nitrogens with zero attached hydrogens (tertiary/aromatic N) is 3. The third-order valence-corrected chi connectivity index (χ3v) is 3.75. The molecule has 2 aromatic rings. The number of halogens is 2. The molecule has 0 unspecified atom stereocenters. The summed E-state index contributed by atoms with van der Waals surface area (Å²) in [4.78, 5) is 0. The molecule has 6 heteroatoms. The van der Waals surface area contributed by atoms with Gasteiger partial charge in [-0.05, 0) is 53.5 Å². The first kappa shape index (κ1) is 14.0. The van der Waals surface area contributed by atoms with Gasteiger partial charge >= 0.3 is 0 Å². The molecule has 0 spiro atoms. The van der Waals surface area contributed by atoms with E-state index in [-0.39, 0.29) is 5.88 Å². The highest BCUT2D eigenvalue weighted by atomic mass is 79.9. The standard InChI is InChI=1S/C13H9Br2N3O/c1-7-8(2)17-18-13(10(7)6-16)19-12-4-3-9(14)5-11(12)15/h3-5H,1-2H3. The molecule has 0 bridgehead atoms. The van der Waals surface area contributed by atoms with E-state index in [2.05, 4.69) is 48.1 Å². The maximum atomic E-state index is 9.20. The average Bonchev–Trinajstić information content (AvgIpc) is 2.37. The summed E-state index contributed by atoms with van der Waals surface area (Å²) < 4.78 is 7.36. The van der Waals surface area contributed by atoms with Crippen molar-refractivity contribution in [3.8, 4) is 17.7 Å². The van der Waals surface area contributed by atoms with Crippen LogP contribution in [0.25, 0.3) is 0 Å². The van der Waals surface area contributed by atoms with Crippen LogP contribution in [0.5, 0.6) is 11.6 Å². The summed E-state index contributed by atoms with van der Waals surface area (Å²) in [7, 11) is 0. The van der Waals surface area contributed by atoms with Crippen LogP contribution < -0.4 is 4.74 Å². The van der Waals surface area contributed by atoms with E-state index in [9.17, 15) is 5.26 Å². The van der Waals surface area contributed by atoms with Gasteiger partial charge < -0.3 is 4.74 Å². The van der Waals surface area contributed by atoms with Gasteiger partial charge in [-0.1, -0.05) is 15.9 Å². The first-order valence-corrected chi connectivity index (χ1v) is 6.98. The molecule has 0 atom stereocenters. The average molecular weight is 383 g/mol. The largest absolute Gasteiger partial charge is 0.435 e. The predicted molar refractivity (Wildman–Crippen MR) is 78.1 cm³/mol. The molecule has 19 heavy (non-hydrogen) atoms. The maximum Gasteiger partial charge on any atom is 0.257 e. The topological polar surface area (TPSA) is 58.8 Å². The van der Waals surface area contributed by atoms with Crippen molar-refractivity contribution in [3.63, 3.8) is 0 Å². The van der Waals surface area contributed by atoms with Gasteiger partial charge in [-0.15, -0.1) is 5.10 Å². The minimum absolute atomic E-state index is 0.216. The van der Waals surface area contributed by atoms with Crippen LogP contribution in [0.15, 0.2) is 27.1 Å². The van der Waals surface area contributed by atoms with Crippen molar-refractivity contribution in [1.82, 2.24) is 10.2 Å². The molecule has 0 amide bonds. The number of rotatable bonds is 2. The normalized spacial score (nSPS) is 10.1. The van der Waals surface area contributed by atoms with E-state index in [1.807, 2.05) is 26.0 Å². The van der Waals surface area contributed by atoms with E-state index in [1.54, 1.807) is 6.07 Å². The monoisotopic (exact) mass is 381 g/mol. The predicted octanol–water partition coefficient (Wildman–Crippen LogP) is 4.28. The first-order chi connectivity index (χ1) is 9.02. The third kappa shape index (κ3) is 2.94. The van der Waals surface area contributed by atoms with Crippen molar-refractivity contribution in [2.24, 2.45) is 0 Å². The second-order valence-electron chi connectivity index (χ2n) is 3.88. The zero-order valence-corrected chi connectivity index (χ0v) is 13.4. The van der Waals surface area contributed by atoms with Gasteiger partial charge in [0, 0.05) is 4.47 Å². The molecule has 1 aromatic heterocycles. The molecule has 0 aliphatic carbocycles. The van der Waals surface area contributed by atoms with Gasteiger partial charge in [0.05, 0.1) is 10.2 Å². The van der Waals surface area contributed by atoms with Gasteiger partial charge in [-0.3, -0.25) is 0 Å². The van der Waals surface area contributed by atoms with Crippen LogP contribution in [0.4, 0.5) is 0 Å². The second-order valence-corrected chi connectivity index (χ2v) is 5.65. The minimum Gasteiger partial charge on any atom is -0.435 e. The fraction of sp³-hybridized carbons (Fsp3) is 0.154. The fourth-order valence-electron chi connectivity index (χ4n) is 1.45. The summed E-state index contributed by atoms with van der Waals surface area (Å²) in [6, 6.07) is 7.59. The fourth-order valence-corrected chi connectivity index (χ4v) is 2.58. The van der Waals surface area contributed by atoms with Crippen LogP contribution in [0.2, 0.25) is 0 Å². The number of hydrogen-bond donors (Lipinski definition) is 0. The second kappa shape index (κ2) is 5.68. The molecule has 0 fully saturated rings. The Morgan fingerprint density at radius 3 is 2.58 bits per heavy atom. The van der Waals surface area contributed by atoms with Crippen LogP contribution in [0.3, 0.4) is 0 Å². The Hall–Kier alpha value is -1.45. The van der Waals surface area contributed by atoms with Crippen LogP contribution in [0.1, 0.15) is 16.8 Å². The summed E-state index contributed by atoms with van der Waals surface area (Å²) in [5.74, 6) is 0.797. The van der Waals surface area contributed by atoms with Gasteiger partial charge in [0.2, 0.25) is 0 Å². The highest BCUT2D eigenvalue weighted by Gasteiger charge is 2.14. The number of ether oxygens (including phenoxy) is 1. The Kier molecular flexibility index (Phi) is 4.17. The van der Waals surface area contributed by atoms with Gasteiger partial charge in [0.1, 0.15) is 17.4 Å². The van der Waals surface area contributed by atoms with E-state index >= 15 is 0 Å². The van der Waals surface area contributed by atoms with Crippen molar-refractivity contribution in [1.29, 1.82) is 5.26 Å². The first-order valence-electron chi connectivity index (χ1n) is 5.40. The van der Waals surface area contributed by atoms with E-state index in [1.165, 1.54) is 0 Å². The lowest BCUT2D eigenvalue weighted by Gasteiger charge is -2.10. The number of aromatic nitrogens is 2. The molecule has 1 aromatic carbocycles. The van der Waals surface area contributed by atoms with Crippen LogP contribution in [-0.4, -0.2) is 10.2 Å². The molecule has 2 rings (SSSR count). The lowest BCUT2D eigenvalue weighted by atomic mass is 10.1. The molecular weight excluding hydrogens is 374 g/mol. The minimum atomic E-state index is 0.216. The van der Waals surface area contributed by atoms with Gasteiger partial charge in [-0.2, -0.15) is 10.4 Å². The Balaban J connectivity index is 2.44. The molecule has 0 saturated heterocycles. The summed E-state index contributed by atoms with van der Waals surface area (Å²) in [5.41, 5.74) is 1.90. The van der Waals surface area contributed by atoms with Gasteiger partial charge in [-0.25, -0.2) is 0 Å². The molecule has 0 N–H and O–H groups in total. The van der Waals surface area contributed by atoms with E-state index in [0.29, 0.717) is 11.3 Å². The number of hydrogen-bond acceptors (Lipinski definition) is 4. The Labute approximate surface area is 127 Å². The highest BCUT2D eigenvalue weighted by Crippen LogP contribution is 2.33. The maximum absolute atomic E-state index is 9.20. The molecule has 96 valence electrons. The lowest BCUT2D eigenvalue weighted by molar-refractivity contribution is 0.449. The third-order valence-electron chi connectivity index (χ3n) is 2.63. The lowest BCUT2D eigenvalue weighted by Crippen LogP contribution is -2.00. The van der Waals surface area contributed by atoms with Crippen molar-refractivity contribution in [3.05, 3.63) is 44.0 Å². The molecule has 0 saturated carbocycles. The van der Waals surface area contributed by atoms with Gasteiger partial charge in [0.15, 0.2) is 0 Å². The molecular formula is C13H9Br2N3O. The Morgan fingerprint density at radius 1 is 1.21 bits per heavy atom. The van der Waals surface area contributed by atoms with E-state index in [4.69, 9.17) is 4.74 Å². The smallest absolute Gasteiger partial charge is 0.257 e. The molecule has 0 aliphatic rings. The van der Waals surface area contributed by atoms with Crippen molar-refractivity contribution < 1.29 is 4.74 Å². The van der Waals surface area contributed by atoms with Crippen LogP contribution in [-0.2, 0) is 0 Å². The molecule has 0 aliphatic heterocycles. The summed E-state index contributed by atoms with van der Waals surface area (Å²) in [6.45, 7) is 3.63. The molecule has 1 heterocycles. The SMILES string of the molecule is Cc1nnc(Oc2ccc(Br)cc2Br)c(C#N)c1C. The molecule has 0 radical (unpaired) electrons. The summed E-state index contributed by atoms with van der Waals surface area (Å²) in [5, 5.41) is 17.1. The van der Waals surface area contributed by atoms with Gasteiger partial charge in [0.25, 0.3) is 5.88 Å². The number of benzene rings is 1. The zero-order valence-electron chi connectivity index (χ0n) is 10.2. The summed E-state index contributed by atoms with van der Waals surface area (Å²) >= 11 is 6.76. The molecule has 4 nitrogen and oxygen atoms in total. The number of aryl methyl sites for hydroxylation is 1. The highest BCUT2D eigenvalue weighted by molar-refractivity contribution is 9.11. The van der Waals surface area contributed by atoms with Crippen LogP contribution >= 0.6 is 31.9 Å². The van der Waals surface area contributed by atoms with E-state index in [0.717, 1.165) is 20.2 Å².